The lowest BCUT2D eigenvalue weighted by Gasteiger charge is -2.29. The van der Waals surface area contributed by atoms with Gasteiger partial charge < -0.3 is 9.15 Å². The first-order chi connectivity index (χ1) is 26.1. The standard InChI is InChI=1S/C51H34O2/c1-51-31-43(37-16-14-35(15-17-37)41-21-19-33-7-3-5-9-39(33)27-41)23-25-50(51)53-49-30-48-45(29-46(49)51)44-28-42(22-24-47(44)52-48)36-12-10-34(11-13-36)40-20-18-32-6-2-4-8-38(32)26-40/h2-31,50H,1H3. The van der Waals surface area contributed by atoms with Crippen molar-refractivity contribution in [1.82, 2.24) is 0 Å². The molecule has 2 heteroatoms. The molecule has 8 aromatic carbocycles. The van der Waals surface area contributed by atoms with E-state index in [1.807, 2.05) is 0 Å². The van der Waals surface area contributed by atoms with Gasteiger partial charge in [0.05, 0.1) is 5.41 Å². The van der Waals surface area contributed by atoms with Crippen molar-refractivity contribution in [3.63, 3.8) is 0 Å². The highest BCUT2D eigenvalue weighted by Crippen LogP contribution is 2.50. The summed E-state index contributed by atoms with van der Waals surface area (Å²) in [6, 6.07) is 59.1. The van der Waals surface area contributed by atoms with Crippen LogP contribution in [0.25, 0.3) is 82.4 Å². The van der Waals surface area contributed by atoms with Crippen molar-refractivity contribution in [2.45, 2.75) is 18.4 Å². The van der Waals surface area contributed by atoms with E-state index in [2.05, 4.69) is 189 Å². The Labute approximate surface area is 307 Å². The lowest BCUT2D eigenvalue weighted by molar-refractivity contribution is 0.228. The fourth-order valence-electron chi connectivity index (χ4n) is 8.50. The highest BCUT2D eigenvalue weighted by atomic mass is 16.5. The van der Waals surface area contributed by atoms with Crippen molar-refractivity contribution in [3.05, 3.63) is 193 Å². The molecule has 2 aliphatic rings. The molecule has 0 radical (unpaired) electrons. The molecule has 0 N–H and O–H groups in total. The Morgan fingerprint density at radius 2 is 0.962 bits per heavy atom. The molecule has 53 heavy (non-hydrogen) atoms. The molecule has 0 saturated carbocycles. The van der Waals surface area contributed by atoms with Crippen molar-refractivity contribution < 1.29 is 9.15 Å². The third kappa shape index (κ3) is 4.87. The van der Waals surface area contributed by atoms with Gasteiger partial charge >= 0.3 is 0 Å². The first-order valence-corrected chi connectivity index (χ1v) is 18.3. The summed E-state index contributed by atoms with van der Waals surface area (Å²) in [5, 5.41) is 7.26. The topological polar surface area (TPSA) is 22.4 Å². The molecule has 1 aliphatic heterocycles. The molecule has 0 spiro atoms. The van der Waals surface area contributed by atoms with Gasteiger partial charge in [-0.1, -0.05) is 140 Å². The zero-order chi connectivity index (χ0) is 35.1. The predicted molar refractivity (Wildman–Crippen MR) is 220 cm³/mol. The molecule has 0 amide bonds. The van der Waals surface area contributed by atoms with Gasteiger partial charge in [0.25, 0.3) is 0 Å². The van der Waals surface area contributed by atoms with Crippen LogP contribution in [0, 0.1) is 0 Å². The number of fused-ring (bicyclic) bond motifs is 8. The third-order valence-electron chi connectivity index (χ3n) is 11.5. The van der Waals surface area contributed by atoms with Crippen LogP contribution < -0.4 is 4.74 Å². The summed E-state index contributed by atoms with van der Waals surface area (Å²) in [4.78, 5) is 0. The first-order valence-electron chi connectivity index (χ1n) is 18.3. The van der Waals surface area contributed by atoms with Gasteiger partial charge in [-0.05, 0) is 109 Å². The van der Waals surface area contributed by atoms with Crippen LogP contribution in [0.15, 0.2) is 186 Å². The molecule has 1 aromatic heterocycles. The average molecular weight is 679 g/mol. The molecule has 0 bridgehead atoms. The zero-order valence-electron chi connectivity index (χ0n) is 29.2. The normalized spacial score (nSPS) is 17.6. The molecule has 250 valence electrons. The van der Waals surface area contributed by atoms with E-state index in [1.54, 1.807) is 0 Å². The van der Waals surface area contributed by atoms with Gasteiger partial charge in [-0.2, -0.15) is 0 Å². The lowest BCUT2D eigenvalue weighted by Crippen LogP contribution is -2.33. The van der Waals surface area contributed by atoms with Crippen LogP contribution in [-0.4, -0.2) is 6.10 Å². The Kier molecular flexibility index (Phi) is 6.48. The molecule has 0 saturated heterocycles. The molecular weight excluding hydrogens is 645 g/mol. The molecule has 2 nitrogen and oxygen atoms in total. The van der Waals surface area contributed by atoms with Gasteiger partial charge in [-0.3, -0.25) is 0 Å². The second-order valence-electron chi connectivity index (χ2n) is 14.7. The molecule has 2 atom stereocenters. The number of benzene rings is 8. The predicted octanol–water partition coefficient (Wildman–Crippen LogP) is 13.6. The number of rotatable bonds is 4. The minimum Gasteiger partial charge on any atom is -0.485 e. The molecule has 0 fully saturated rings. The van der Waals surface area contributed by atoms with E-state index in [4.69, 9.17) is 9.15 Å². The number of hydrogen-bond donors (Lipinski definition) is 0. The number of furan rings is 1. The maximum Gasteiger partial charge on any atom is 0.139 e. The molecule has 11 rings (SSSR count). The third-order valence-corrected chi connectivity index (χ3v) is 11.5. The lowest BCUT2D eigenvalue weighted by atomic mass is 9.74. The smallest absolute Gasteiger partial charge is 0.139 e. The summed E-state index contributed by atoms with van der Waals surface area (Å²) in [5.41, 5.74) is 12.2. The maximum atomic E-state index is 6.59. The monoisotopic (exact) mass is 678 g/mol. The highest BCUT2D eigenvalue weighted by molar-refractivity contribution is 6.07. The Morgan fingerprint density at radius 1 is 0.453 bits per heavy atom. The summed E-state index contributed by atoms with van der Waals surface area (Å²) in [7, 11) is 0. The average Bonchev–Trinajstić information content (AvgIpc) is 3.72. The van der Waals surface area contributed by atoms with Crippen LogP contribution in [0.5, 0.6) is 5.75 Å². The number of hydrogen-bond acceptors (Lipinski definition) is 2. The number of allylic oxidation sites excluding steroid dienone is 2. The summed E-state index contributed by atoms with van der Waals surface area (Å²) < 4.78 is 13.0. The van der Waals surface area contributed by atoms with Crippen LogP contribution >= 0.6 is 0 Å². The molecule has 1 aliphatic carbocycles. The maximum absolute atomic E-state index is 6.59. The zero-order valence-corrected chi connectivity index (χ0v) is 29.2. The van der Waals surface area contributed by atoms with Gasteiger partial charge in [0.15, 0.2) is 0 Å². The molecule has 2 heterocycles. The molecule has 9 aromatic rings. The summed E-state index contributed by atoms with van der Waals surface area (Å²) >= 11 is 0. The summed E-state index contributed by atoms with van der Waals surface area (Å²) in [5.74, 6) is 0.891. The molecule has 2 unspecified atom stereocenters. The minimum atomic E-state index is -0.315. The van der Waals surface area contributed by atoms with Crippen LogP contribution in [0.4, 0.5) is 0 Å². The van der Waals surface area contributed by atoms with E-state index in [0.717, 1.165) is 27.7 Å². The first kappa shape index (κ1) is 30.0. The Morgan fingerprint density at radius 3 is 1.58 bits per heavy atom. The van der Waals surface area contributed by atoms with Crippen molar-refractivity contribution in [2.75, 3.05) is 0 Å². The van der Waals surface area contributed by atoms with Gasteiger partial charge in [0.1, 0.15) is 23.0 Å². The fraction of sp³-hybridized carbons (Fsp3) is 0.0588. The van der Waals surface area contributed by atoms with E-state index in [-0.39, 0.29) is 11.5 Å². The van der Waals surface area contributed by atoms with E-state index in [1.165, 1.54) is 71.6 Å². The fourth-order valence-corrected chi connectivity index (χ4v) is 8.50. The van der Waals surface area contributed by atoms with Gasteiger partial charge in [0.2, 0.25) is 0 Å². The van der Waals surface area contributed by atoms with Crippen molar-refractivity contribution in [2.24, 2.45) is 0 Å². The van der Waals surface area contributed by atoms with Crippen molar-refractivity contribution in [3.8, 4) is 39.1 Å². The van der Waals surface area contributed by atoms with Crippen molar-refractivity contribution >= 4 is 49.1 Å². The quantitative estimate of drug-likeness (QED) is 0.185. The second kappa shape index (κ2) is 11.4. The summed E-state index contributed by atoms with van der Waals surface area (Å²) in [6.45, 7) is 2.30. The SMILES string of the molecule is CC12C=C(c3ccc(-c4ccc5ccccc5c4)cc3)C=CC1Oc1cc3oc4ccc(-c5ccc(-c6ccc7ccccc7c6)cc5)cc4c3cc12. The molecular formula is C51H34O2. The van der Waals surface area contributed by atoms with Crippen LogP contribution in [0.2, 0.25) is 0 Å². The largest absolute Gasteiger partial charge is 0.485 e. The Bertz CT molecular complexity index is 2980. The van der Waals surface area contributed by atoms with Crippen molar-refractivity contribution in [1.29, 1.82) is 0 Å². The highest BCUT2D eigenvalue weighted by Gasteiger charge is 2.44. The van der Waals surface area contributed by atoms with Gasteiger partial charge in [-0.15, -0.1) is 0 Å². The van der Waals surface area contributed by atoms with E-state index < -0.39 is 0 Å². The van der Waals surface area contributed by atoms with Crippen LogP contribution in [0.1, 0.15) is 18.1 Å². The van der Waals surface area contributed by atoms with E-state index in [9.17, 15) is 0 Å². The number of ether oxygens (including phenoxy) is 1. The van der Waals surface area contributed by atoms with E-state index in [0.29, 0.717) is 0 Å². The minimum absolute atomic E-state index is 0.0763. The van der Waals surface area contributed by atoms with Crippen LogP contribution in [0.3, 0.4) is 0 Å². The van der Waals surface area contributed by atoms with Gasteiger partial charge in [-0.25, -0.2) is 0 Å². The Balaban J connectivity index is 0.918. The van der Waals surface area contributed by atoms with Crippen LogP contribution in [-0.2, 0) is 5.41 Å². The van der Waals surface area contributed by atoms with E-state index >= 15 is 0 Å². The second-order valence-corrected chi connectivity index (χ2v) is 14.7. The summed E-state index contributed by atoms with van der Waals surface area (Å²) in [6.07, 6.45) is 6.74. The van der Waals surface area contributed by atoms with Gasteiger partial charge in [0, 0.05) is 22.4 Å². The Hall–Kier alpha value is -6.64.